The predicted octanol–water partition coefficient (Wildman–Crippen LogP) is 3.90. The number of carbonyl (C=O) groups excluding carboxylic acids is 3. The molecule has 0 aromatic heterocycles. The van der Waals surface area contributed by atoms with Crippen LogP contribution in [0, 0.1) is 0 Å². The zero-order valence-corrected chi connectivity index (χ0v) is 19.0. The van der Waals surface area contributed by atoms with Gasteiger partial charge in [0.05, 0.1) is 24.2 Å². The highest BCUT2D eigenvalue weighted by molar-refractivity contribution is 5.97. The number of amides is 5. The summed E-state index contributed by atoms with van der Waals surface area (Å²) in [4.78, 5) is 45.6. The van der Waals surface area contributed by atoms with Gasteiger partial charge in [-0.1, -0.05) is 60.7 Å². The van der Waals surface area contributed by atoms with Crippen LogP contribution in [0.15, 0.2) is 60.7 Å². The first kappa shape index (κ1) is 21.9. The van der Waals surface area contributed by atoms with E-state index in [0.717, 1.165) is 11.1 Å². The standard InChI is InChI=1S/C25H30N4O3/c1-17-22(19-11-7-5-8-12-19)28(24(31)26(17)3)16-15-21(30)29-23(18(2)27(4)25(29)32)20-13-9-6-10-14-20/h5-14,17-18,22-23H,15-16H2,1-4H3/t17-,18-,22-,23-/m0/s1. The van der Waals surface area contributed by atoms with Crippen molar-refractivity contribution < 1.29 is 14.4 Å². The van der Waals surface area contributed by atoms with Crippen LogP contribution in [-0.2, 0) is 4.79 Å². The molecule has 7 heteroatoms. The van der Waals surface area contributed by atoms with Crippen LogP contribution in [0.1, 0.15) is 43.5 Å². The van der Waals surface area contributed by atoms with Crippen LogP contribution in [-0.4, -0.2) is 70.3 Å². The molecule has 2 fully saturated rings. The van der Waals surface area contributed by atoms with E-state index in [1.54, 1.807) is 28.8 Å². The number of imide groups is 1. The Morgan fingerprint density at radius 2 is 1.22 bits per heavy atom. The fraction of sp³-hybridized carbons (Fsp3) is 0.400. The molecule has 0 unspecified atom stereocenters. The number of urea groups is 2. The summed E-state index contributed by atoms with van der Waals surface area (Å²) < 4.78 is 0. The lowest BCUT2D eigenvalue weighted by Crippen LogP contribution is -2.39. The van der Waals surface area contributed by atoms with E-state index in [1.165, 1.54) is 4.90 Å². The first-order valence-electron chi connectivity index (χ1n) is 11.0. The van der Waals surface area contributed by atoms with Crippen molar-refractivity contribution in [2.45, 2.75) is 44.4 Å². The molecule has 2 saturated heterocycles. The van der Waals surface area contributed by atoms with Crippen molar-refractivity contribution in [2.75, 3.05) is 20.6 Å². The molecule has 4 atom stereocenters. The number of likely N-dealkylation sites (N-methyl/N-ethyl adjacent to an activating group) is 2. The Labute approximate surface area is 189 Å². The van der Waals surface area contributed by atoms with E-state index >= 15 is 0 Å². The van der Waals surface area contributed by atoms with E-state index in [-0.39, 0.29) is 55.1 Å². The van der Waals surface area contributed by atoms with Crippen molar-refractivity contribution in [3.05, 3.63) is 71.8 Å². The Morgan fingerprint density at radius 1 is 0.750 bits per heavy atom. The SMILES string of the molecule is C[C@H]1[C@@H](c2ccccc2)N(CCC(=O)N2C(=O)N(C)[C@@H](C)[C@H]2c2ccccc2)C(=O)N1C. The van der Waals surface area contributed by atoms with Crippen molar-refractivity contribution >= 4 is 18.0 Å². The lowest BCUT2D eigenvalue weighted by atomic mass is 9.99. The lowest BCUT2D eigenvalue weighted by Gasteiger charge is -2.27. The summed E-state index contributed by atoms with van der Waals surface area (Å²) in [5.74, 6) is -0.262. The average molecular weight is 435 g/mol. The molecule has 4 rings (SSSR count). The number of nitrogens with zero attached hydrogens (tertiary/aromatic N) is 4. The van der Waals surface area contributed by atoms with Crippen LogP contribution in [0.4, 0.5) is 9.59 Å². The third kappa shape index (κ3) is 3.61. The van der Waals surface area contributed by atoms with Gasteiger partial charge in [-0.2, -0.15) is 0 Å². The molecule has 7 nitrogen and oxygen atoms in total. The van der Waals surface area contributed by atoms with Gasteiger partial charge in [0, 0.05) is 27.1 Å². The average Bonchev–Trinajstić information content (AvgIpc) is 3.17. The molecule has 2 aliphatic rings. The van der Waals surface area contributed by atoms with E-state index in [0.29, 0.717) is 0 Å². The smallest absolute Gasteiger partial charge is 0.323 e. The van der Waals surface area contributed by atoms with E-state index in [1.807, 2.05) is 74.5 Å². The third-order valence-corrected chi connectivity index (χ3v) is 6.92. The van der Waals surface area contributed by atoms with Crippen LogP contribution < -0.4 is 0 Å². The number of carbonyl (C=O) groups is 3. The summed E-state index contributed by atoms with van der Waals surface area (Å²) in [5, 5.41) is 0. The normalized spacial score (nSPS) is 25.8. The Balaban J connectivity index is 1.55. The minimum atomic E-state index is -0.345. The van der Waals surface area contributed by atoms with Crippen LogP contribution in [0.5, 0.6) is 0 Å². The molecule has 2 aliphatic heterocycles. The van der Waals surface area contributed by atoms with Crippen LogP contribution in [0.3, 0.4) is 0 Å². The highest BCUT2D eigenvalue weighted by Crippen LogP contribution is 2.37. The summed E-state index contributed by atoms with van der Waals surface area (Å²) in [6, 6.07) is 18.5. The molecule has 0 N–H and O–H groups in total. The summed E-state index contributed by atoms with van der Waals surface area (Å²) in [6.07, 6.45) is 0.0886. The largest absolute Gasteiger partial charge is 0.327 e. The molecule has 2 heterocycles. The van der Waals surface area contributed by atoms with Gasteiger partial charge in [-0.25, -0.2) is 9.59 Å². The van der Waals surface area contributed by atoms with Gasteiger partial charge in [-0.15, -0.1) is 0 Å². The summed E-state index contributed by atoms with van der Waals surface area (Å²) in [5.41, 5.74) is 1.97. The van der Waals surface area contributed by atoms with Crippen LogP contribution in [0.2, 0.25) is 0 Å². The minimum Gasteiger partial charge on any atom is -0.323 e. The maximum absolute atomic E-state index is 13.3. The van der Waals surface area contributed by atoms with E-state index < -0.39 is 0 Å². The summed E-state index contributed by atoms with van der Waals surface area (Å²) in [6.45, 7) is 4.23. The second kappa shape index (κ2) is 8.65. The second-order valence-corrected chi connectivity index (χ2v) is 8.69. The van der Waals surface area contributed by atoms with Gasteiger partial charge in [0.25, 0.3) is 0 Å². The Bertz CT molecular complexity index is 997. The highest BCUT2D eigenvalue weighted by Gasteiger charge is 2.46. The molecule has 0 spiro atoms. The van der Waals surface area contributed by atoms with Crippen LogP contribution in [0.25, 0.3) is 0 Å². The van der Waals surface area contributed by atoms with Crippen LogP contribution >= 0.6 is 0 Å². The monoisotopic (exact) mass is 434 g/mol. The van der Waals surface area contributed by atoms with Gasteiger partial charge in [0.15, 0.2) is 0 Å². The number of hydrogen-bond acceptors (Lipinski definition) is 3. The van der Waals surface area contributed by atoms with Crippen molar-refractivity contribution in [3.8, 4) is 0 Å². The van der Waals surface area contributed by atoms with Gasteiger partial charge >= 0.3 is 12.1 Å². The molecular formula is C25H30N4O3. The summed E-state index contributed by atoms with van der Waals surface area (Å²) >= 11 is 0. The first-order valence-corrected chi connectivity index (χ1v) is 11.0. The van der Waals surface area contributed by atoms with Gasteiger partial charge in [0.2, 0.25) is 5.91 Å². The van der Waals surface area contributed by atoms with E-state index in [2.05, 4.69) is 0 Å². The zero-order valence-electron chi connectivity index (χ0n) is 19.0. The Hall–Kier alpha value is -3.35. The number of hydrogen-bond donors (Lipinski definition) is 0. The minimum absolute atomic E-state index is 0.0170. The first-order chi connectivity index (χ1) is 15.3. The zero-order chi connectivity index (χ0) is 23.0. The maximum Gasteiger partial charge on any atom is 0.327 e. The molecule has 0 saturated carbocycles. The van der Waals surface area contributed by atoms with Gasteiger partial charge in [-0.05, 0) is 25.0 Å². The molecule has 5 amide bonds. The number of rotatable bonds is 5. The maximum atomic E-state index is 13.3. The Kier molecular flexibility index (Phi) is 5.91. The fourth-order valence-corrected chi connectivity index (χ4v) is 4.88. The quantitative estimate of drug-likeness (QED) is 0.717. The van der Waals surface area contributed by atoms with Gasteiger partial charge < -0.3 is 14.7 Å². The second-order valence-electron chi connectivity index (χ2n) is 8.69. The predicted molar refractivity (Wildman–Crippen MR) is 122 cm³/mol. The Morgan fingerprint density at radius 3 is 1.78 bits per heavy atom. The van der Waals surface area contributed by atoms with Crippen molar-refractivity contribution in [1.82, 2.24) is 19.6 Å². The molecule has 0 radical (unpaired) electrons. The van der Waals surface area contributed by atoms with Crippen molar-refractivity contribution in [2.24, 2.45) is 0 Å². The fourth-order valence-electron chi connectivity index (χ4n) is 4.88. The van der Waals surface area contributed by atoms with Crippen molar-refractivity contribution in [1.29, 1.82) is 0 Å². The molecular weight excluding hydrogens is 404 g/mol. The van der Waals surface area contributed by atoms with E-state index in [4.69, 9.17) is 0 Å². The molecule has 2 aromatic carbocycles. The molecule has 0 aliphatic carbocycles. The van der Waals surface area contributed by atoms with Gasteiger partial charge in [0.1, 0.15) is 0 Å². The van der Waals surface area contributed by atoms with Crippen molar-refractivity contribution in [3.63, 3.8) is 0 Å². The molecule has 2 aromatic rings. The molecule has 168 valence electrons. The van der Waals surface area contributed by atoms with E-state index in [9.17, 15) is 14.4 Å². The topological polar surface area (TPSA) is 64.2 Å². The van der Waals surface area contributed by atoms with Gasteiger partial charge in [-0.3, -0.25) is 9.69 Å². The molecule has 0 bridgehead atoms. The lowest BCUT2D eigenvalue weighted by molar-refractivity contribution is -0.129. The number of benzene rings is 2. The summed E-state index contributed by atoms with van der Waals surface area (Å²) in [7, 11) is 3.51. The molecule has 32 heavy (non-hydrogen) atoms. The third-order valence-electron chi connectivity index (χ3n) is 6.92. The highest BCUT2D eigenvalue weighted by atomic mass is 16.2.